The Labute approximate surface area is 115 Å². The van der Waals surface area contributed by atoms with Gasteiger partial charge in [-0.25, -0.2) is 0 Å². The zero-order valence-electron chi connectivity index (χ0n) is 12.7. The Balaban J connectivity index is 2.69. The lowest BCUT2D eigenvalue weighted by Crippen LogP contribution is -2.44. The number of hydrogen-bond donors (Lipinski definition) is 1. The summed E-state index contributed by atoms with van der Waals surface area (Å²) in [6.45, 7) is 10.6. The molecule has 2 unspecified atom stereocenters. The van der Waals surface area contributed by atoms with Crippen molar-refractivity contribution < 1.29 is 9.32 Å². The zero-order chi connectivity index (χ0) is 14.5. The van der Waals surface area contributed by atoms with Crippen molar-refractivity contribution in [1.29, 1.82) is 0 Å². The normalized spacial score (nSPS) is 15.8. The van der Waals surface area contributed by atoms with Gasteiger partial charge in [-0.2, -0.15) is 0 Å². The van der Waals surface area contributed by atoms with E-state index in [0.717, 1.165) is 31.4 Å². The molecular formula is C15H26N2O2. The van der Waals surface area contributed by atoms with Gasteiger partial charge < -0.3 is 9.84 Å². The summed E-state index contributed by atoms with van der Waals surface area (Å²) in [7, 11) is 0. The van der Waals surface area contributed by atoms with Crippen molar-refractivity contribution >= 4 is 5.91 Å². The molecule has 1 rings (SSSR count). The summed E-state index contributed by atoms with van der Waals surface area (Å²) in [6.07, 6.45) is 4.01. The number of hydrogen-bond acceptors (Lipinski definition) is 3. The number of nitrogens with zero attached hydrogens (tertiary/aromatic N) is 1. The summed E-state index contributed by atoms with van der Waals surface area (Å²) < 4.78 is 5.07. The van der Waals surface area contributed by atoms with E-state index in [2.05, 4.69) is 38.2 Å². The molecule has 1 aromatic heterocycles. The van der Waals surface area contributed by atoms with Gasteiger partial charge in [-0.3, -0.25) is 4.79 Å². The number of amides is 1. The number of aryl methyl sites for hydroxylation is 1. The van der Waals surface area contributed by atoms with Gasteiger partial charge in [-0.15, -0.1) is 0 Å². The summed E-state index contributed by atoms with van der Waals surface area (Å²) >= 11 is 0. The minimum Gasteiger partial charge on any atom is -0.361 e. The molecule has 4 heteroatoms. The quantitative estimate of drug-likeness (QED) is 0.820. The van der Waals surface area contributed by atoms with Gasteiger partial charge in [0.25, 0.3) is 5.91 Å². The van der Waals surface area contributed by atoms with Crippen LogP contribution < -0.4 is 5.32 Å². The molecule has 1 aromatic rings. The molecule has 0 aliphatic heterocycles. The van der Waals surface area contributed by atoms with Crippen LogP contribution in [0.15, 0.2) is 10.6 Å². The molecule has 1 N–H and O–H groups in total. The first-order valence-electron chi connectivity index (χ1n) is 7.23. The van der Waals surface area contributed by atoms with E-state index in [1.807, 2.05) is 6.92 Å². The van der Waals surface area contributed by atoms with Gasteiger partial charge in [0, 0.05) is 18.5 Å². The van der Waals surface area contributed by atoms with Gasteiger partial charge in [0.2, 0.25) is 0 Å². The standard InChI is InChI=1S/C15H26N2O2/c1-6-9-15(5,8-3)11(4)16-14(18)13-10-12(7-2)19-17-13/h10-11H,6-9H2,1-5H3,(H,16,18). The second-order valence-corrected chi connectivity index (χ2v) is 5.48. The van der Waals surface area contributed by atoms with Gasteiger partial charge in [-0.1, -0.05) is 39.3 Å². The van der Waals surface area contributed by atoms with Crippen LogP contribution >= 0.6 is 0 Å². The van der Waals surface area contributed by atoms with Crippen LogP contribution in [0.3, 0.4) is 0 Å². The Morgan fingerprint density at radius 2 is 2.16 bits per heavy atom. The highest BCUT2D eigenvalue weighted by Crippen LogP contribution is 2.31. The highest BCUT2D eigenvalue weighted by molar-refractivity contribution is 5.92. The predicted molar refractivity (Wildman–Crippen MR) is 76.1 cm³/mol. The van der Waals surface area contributed by atoms with E-state index in [9.17, 15) is 4.79 Å². The molecule has 0 saturated carbocycles. The van der Waals surface area contributed by atoms with Gasteiger partial charge in [0.15, 0.2) is 5.69 Å². The fraction of sp³-hybridized carbons (Fsp3) is 0.733. The number of nitrogens with one attached hydrogen (secondary N) is 1. The smallest absolute Gasteiger partial charge is 0.273 e. The van der Waals surface area contributed by atoms with Crippen molar-refractivity contribution in [3.8, 4) is 0 Å². The van der Waals surface area contributed by atoms with E-state index in [0.29, 0.717) is 5.69 Å². The van der Waals surface area contributed by atoms with Crippen molar-refractivity contribution in [2.75, 3.05) is 0 Å². The van der Waals surface area contributed by atoms with E-state index in [1.54, 1.807) is 6.07 Å². The number of rotatable bonds is 7. The maximum absolute atomic E-state index is 12.1. The average Bonchev–Trinajstić information content (AvgIpc) is 2.87. The zero-order valence-corrected chi connectivity index (χ0v) is 12.7. The Morgan fingerprint density at radius 1 is 1.47 bits per heavy atom. The first-order valence-corrected chi connectivity index (χ1v) is 7.23. The monoisotopic (exact) mass is 266 g/mol. The Morgan fingerprint density at radius 3 is 2.63 bits per heavy atom. The highest BCUT2D eigenvalue weighted by atomic mass is 16.5. The van der Waals surface area contributed by atoms with Crippen molar-refractivity contribution in [2.45, 2.75) is 66.3 Å². The van der Waals surface area contributed by atoms with Crippen molar-refractivity contribution in [2.24, 2.45) is 5.41 Å². The summed E-state index contributed by atoms with van der Waals surface area (Å²) in [5.74, 6) is 0.594. The molecule has 0 bridgehead atoms. The molecule has 19 heavy (non-hydrogen) atoms. The van der Waals surface area contributed by atoms with Crippen LogP contribution in [0.4, 0.5) is 0 Å². The van der Waals surface area contributed by atoms with Crippen molar-refractivity contribution in [1.82, 2.24) is 10.5 Å². The number of carbonyl (C=O) groups is 1. The highest BCUT2D eigenvalue weighted by Gasteiger charge is 2.30. The van der Waals surface area contributed by atoms with E-state index in [-0.39, 0.29) is 17.4 Å². The van der Waals surface area contributed by atoms with Crippen molar-refractivity contribution in [3.63, 3.8) is 0 Å². The van der Waals surface area contributed by atoms with Crippen molar-refractivity contribution in [3.05, 3.63) is 17.5 Å². The molecule has 0 aliphatic rings. The minimum atomic E-state index is -0.147. The van der Waals surface area contributed by atoms with Gasteiger partial charge >= 0.3 is 0 Å². The first-order chi connectivity index (χ1) is 8.96. The summed E-state index contributed by atoms with van der Waals surface area (Å²) in [6, 6.07) is 1.83. The molecule has 0 fully saturated rings. The number of carbonyl (C=O) groups excluding carboxylic acids is 1. The molecule has 0 spiro atoms. The van der Waals surface area contributed by atoms with Gasteiger partial charge in [-0.05, 0) is 25.2 Å². The molecule has 0 aliphatic carbocycles. The molecule has 2 atom stereocenters. The molecule has 0 aromatic carbocycles. The van der Waals surface area contributed by atoms with Gasteiger partial charge in [0.1, 0.15) is 5.76 Å². The predicted octanol–water partition coefficient (Wildman–Crippen LogP) is 3.57. The SMILES string of the molecule is CCCC(C)(CC)C(C)NC(=O)c1cc(CC)on1. The van der Waals surface area contributed by atoms with Crippen LogP contribution in [0.25, 0.3) is 0 Å². The van der Waals surface area contributed by atoms with Gasteiger partial charge in [0.05, 0.1) is 0 Å². The lowest BCUT2D eigenvalue weighted by molar-refractivity contribution is 0.0875. The van der Waals surface area contributed by atoms with E-state index < -0.39 is 0 Å². The number of aromatic nitrogens is 1. The molecule has 1 heterocycles. The molecule has 4 nitrogen and oxygen atoms in total. The molecule has 0 radical (unpaired) electrons. The summed E-state index contributed by atoms with van der Waals surface area (Å²) in [5.41, 5.74) is 0.500. The average molecular weight is 266 g/mol. The summed E-state index contributed by atoms with van der Waals surface area (Å²) in [5, 5.41) is 6.86. The third-order valence-electron chi connectivity index (χ3n) is 4.16. The van der Waals surface area contributed by atoms with Crippen LogP contribution in [0.5, 0.6) is 0 Å². The second kappa shape index (κ2) is 6.73. The van der Waals surface area contributed by atoms with Crippen LogP contribution in [0.1, 0.15) is 70.1 Å². The molecule has 108 valence electrons. The Hall–Kier alpha value is -1.32. The fourth-order valence-corrected chi connectivity index (χ4v) is 2.30. The van der Waals surface area contributed by atoms with E-state index in [4.69, 9.17) is 4.52 Å². The third kappa shape index (κ3) is 3.82. The fourth-order valence-electron chi connectivity index (χ4n) is 2.30. The lowest BCUT2D eigenvalue weighted by Gasteiger charge is -2.35. The lowest BCUT2D eigenvalue weighted by atomic mass is 9.77. The topological polar surface area (TPSA) is 55.1 Å². The van der Waals surface area contributed by atoms with E-state index in [1.165, 1.54) is 0 Å². The maximum atomic E-state index is 12.1. The Kier molecular flexibility index (Phi) is 5.58. The van der Waals surface area contributed by atoms with Crippen LogP contribution in [-0.4, -0.2) is 17.1 Å². The second-order valence-electron chi connectivity index (χ2n) is 5.48. The first kappa shape index (κ1) is 15.7. The molecule has 0 saturated heterocycles. The van der Waals surface area contributed by atoms with Crippen LogP contribution in [0.2, 0.25) is 0 Å². The minimum absolute atomic E-state index is 0.117. The molecule has 1 amide bonds. The largest absolute Gasteiger partial charge is 0.361 e. The van der Waals surface area contributed by atoms with Crippen LogP contribution in [0, 0.1) is 5.41 Å². The maximum Gasteiger partial charge on any atom is 0.273 e. The third-order valence-corrected chi connectivity index (χ3v) is 4.16. The Bertz CT molecular complexity index is 414. The van der Waals surface area contributed by atoms with E-state index >= 15 is 0 Å². The molecular weight excluding hydrogens is 240 g/mol. The summed E-state index contributed by atoms with van der Waals surface area (Å²) in [4.78, 5) is 12.1. The van der Waals surface area contributed by atoms with Crippen LogP contribution in [-0.2, 0) is 6.42 Å².